The van der Waals surface area contributed by atoms with E-state index in [0.717, 1.165) is 6.42 Å². The molecule has 0 aromatic rings. The predicted molar refractivity (Wildman–Crippen MR) is 56.6 cm³/mol. The highest BCUT2D eigenvalue weighted by Crippen LogP contribution is 1.75. The van der Waals surface area contributed by atoms with Gasteiger partial charge in [-0.1, -0.05) is 6.92 Å². The highest BCUT2D eigenvalue weighted by atomic mass is 16.1. The van der Waals surface area contributed by atoms with Gasteiger partial charge in [-0.25, -0.2) is 10.8 Å². The van der Waals surface area contributed by atoms with Crippen LogP contribution < -0.4 is 21.9 Å². The molecule has 5 N–H and O–H groups in total. The summed E-state index contributed by atoms with van der Waals surface area (Å²) in [6, 6.07) is 0. The van der Waals surface area contributed by atoms with Gasteiger partial charge < -0.3 is 10.6 Å². The number of nitrogens with one attached hydrogen (secondary N) is 3. The highest BCUT2D eigenvalue weighted by Gasteiger charge is 1.98. The number of rotatable bonds is 5. The molecule has 0 heterocycles. The van der Waals surface area contributed by atoms with E-state index in [2.05, 4.69) is 21.1 Å². The number of guanidine groups is 1. The molecule has 0 unspecified atom stereocenters. The minimum absolute atomic E-state index is 0.0898. The summed E-state index contributed by atoms with van der Waals surface area (Å²) in [5.41, 5.74) is 2.37. The summed E-state index contributed by atoms with van der Waals surface area (Å²) >= 11 is 0. The number of nitrogens with two attached hydrogens (primary N) is 1. The summed E-state index contributed by atoms with van der Waals surface area (Å²) < 4.78 is 0. The molecule has 1 amide bonds. The first kappa shape index (κ1) is 12.7. The van der Waals surface area contributed by atoms with E-state index in [1.54, 1.807) is 0 Å². The Morgan fingerprint density at radius 3 is 2.57 bits per heavy atom. The summed E-state index contributed by atoms with van der Waals surface area (Å²) in [5.74, 6) is 5.50. The van der Waals surface area contributed by atoms with Crippen LogP contribution >= 0.6 is 0 Å². The second kappa shape index (κ2) is 8.31. The van der Waals surface area contributed by atoms with E-state index < -0.39 is 0 Å². The second-order valence-electron chi connectivity index (χ2n) is 2.69. The average molecular weight is 201 g/mol. The third-order valence-corrected chi connectivity index (χ3v) is 1.43. The fourth-order valence-electron chi connectivity index (χ4n) is 0.791. The number of nitrogens with zero attached hydrogens (tertiary/aromatic N) is 1. The van der Waals surface area contributed by atoms with Gasteiger partial charge in [0, 0.05) is 13.1 Å². The van der Waals surface area contributed by atoms with Gasteiger partial charge in [0.1, 0.15) is 6.54 Å². The SMILES string of the molecule is CCCNC(=O)CN=C(NN)NCC. The molecule has 14 heavy (non-hydrogen) atoms. The molecule has 0 saturated heterocycles. The van der Waals surface area contributed by atoms with Gasteiger partial charge in [-0.2, -0.15) is 0 Å². The van der Waals surface area contributed by atoms with Crippen LogP contribution in [0.3, 0.4) is 0 Å². The van der Waals surface area contributed by atoms with E-state index in [4.69, 9.17) is 5.84 Å². The van der Waals surface area contributed by atoms with E-state index in [1.807, 2.05) is 13.8 Å². The summed E-state index contributed by atoms with van der Waals surface area (Å²) in [6.45, 7) is 5.40. The van der Waals surface area contributed by atoms with Crippen molar-refractivity contribution in [3.63, 3.8) is 0 Å². The number of hydrogen-bond acceptors (Lipinski definition) is 3. The molecule has 0 aliphatic heterocycles. The van der Waals surface area contributed by atoms with E-state index >= 15 is 0 Å². The minimum atomic E-state index is -0.0995. The van der Waals surface area contributed by atoms with Crippen LogP contribution in [0.2, 0.25) is 0 Å². The molecule has 0 bridgehead atoms. The number of carbonyl (C=O) groups excluding carboxylic acids is 1. The molecule has 0 radical (unpaired) electrons. The zero-order valence-corrected chi connectivity index (χ0v) is 8.76. The van der Waals surface area contributed by atoms with Crippen LogP contribution in [-0.4, -0.2) is 31.5 Å². The third-order valence-electron chi connectivity index (χ3n) is 1.43. The van der Waals surface area contributed by atoms with Crippen molar-refractivity contribution in [2.75, 3.05) is 19.6 Å². The van der Waals surface area contributed by atoms with E-state index in [1.165, 1.54) is 0 Å². The van der Waals surface area contributed by atoms with Crippen molar-refractivity contribution in [2.45, 2.75) is 20.3 Å². The van der Waals surface area contributed by atoms with Gasteiger partial charge >= 0.3 is 0 Å². The van der Waals surface area contributed by atoms with Crippen LogP contribution in [-0.2, 0) is 4.79 Å². The Labute approximate surface area is 84.3 Å². The number of carbonyl (C=O) groups is 1. The second-order valence-corrected chi connectivity index (χ2v) is 2.69. The summed E-state index contributed by atoms with van der Waals surface area (Å²) in [5, 5.41) is 5.59. The van der Waals surface area contributed by atoms with Crippen molar-refractivity contribution in [1.29, 1.82) is 0 Å². The molecule has 0 aromatic carbocycles. The molecular formula is C8H19N5O. The van der Waals surface area contributed by atoms with Gasteiger partial charge in [0.15, 0.2) is 0 Å². The molecule has 0 rings (SSSR count). The van der Waals surface area contributed by atoms with Gasteiger partial charge in [-0.05, 0) is 13.3 Å². The zero-order valence-electron chi connectivity index (χ0n) is 8.76. The lowest BCUT2D eigenvalue weighted by Crippen LogP contribution is -2.42. The van der Waals surface area contributed by atoms with E-state index in [9.17, 15) is 4.79 Å². The van der Waals surface area contributed by atoms with Crippen molar-refractivity contribution >= 4 is 11.9 Å². The molecule has 0 spiro atoms. The first-order valence-electron chi connectivity index (χ1n) is 4.76. The maximum absolute atomic E-state index is 11.1. The van der Waals surface area contributed by atoms with Crippen molar-refractivity contribution in [3.8, 4) is 0 Å². The van der Waals surface area contributed by atoms with Crippen LogP contribution in [0.4, 0.5) is 0 Å². The number of aliphatic imine (C=N–C) groups is 1. The molecule has 0 aliphatic rings. The van der Waals surface area contributed by atoms with Gasteiger partial charge in [0.25, 0.3) is 0 Å². The Morgan fingerprint density at radius 1 is 1.36 bits per heavy atom. The fourth-order valence-corrected chi connectivity index (χ4v) is 0.791. The monoisotopic (exact) mass is 201 g/mol. The topological polar surface area (TPSA) is 91.5 Å². The Balaban J connectivity index is 3.79. The zero-order chi connectivity index (χ0) is 10.8. The quantitative estimate of drug-likeness (QED) is 0.197. The molecule has 82 valence electrons. The fraction of sp³-hybridized carbons (Fsp3) is 0.750. The average Bonchev–Trinajstić information content (AvgIpc) is 2.21. The highest BCUT2D eigenvalue weighted by molar-refractivity contribution is 5.84. The lowest BCUT2D eigenvalue weighted by atomic mass is 10.4. The van der Waals surface area contributed by atoms with Crippen LogP contribution in [0.5, 0.6) is 0 Å². The molecule has 0 fully saturated rings. The van der Waals surface area contributed by atoms with Gasteiger partial charge in [-0.15, -0.1) is 0 Å². The predicted octanol–water partition coefficient (Wildman–Crippen LogP) is -1.06. The number of hydrogen-bond donors (Lipinski definition) is 4. The van der Waals surface area contributed by atoms with Crippen LogP contribution in [0.25, 0.3) is 0 Å². The molecule has 6 nitrogen and oxygen atoms in total. The van der Waals surface area contributed by atoms with Gasteiger partial charge in [-0.3, -0.25) is 10.2 Å². The van der Waals surface area contributed by atoms with Crippen LogP contribution in [0.15, 0.2) is 4.99 Å². The van der Waals surface area contributed by atoms with Crippen molar-refractivity contribution in [3.05, 3.63) is 0 Å². The summed E-state index contributed by atoms with van der Waals surface area (Å²) in [7, 11) is 0. The lowest BCUT2D eigenvalue weighted by molar-refractivity contribution is -0.119. The number of amides is 1. The Kier molecular flexibility index (Phi) is 7.53. The first-order chi connectivity index (χ1) is 6.74. The first-order valence-corrected chi connectivity index (χ1v) is 4.76. The smallest absolute Gasteiger partial charge is 0.241 e. The molecule has 0 aliphatic carbocycles. The molecule has 6 heteroatoms. The minimum Gasteiger partial charge on any atom is -0.356 e. The van der Waals surface area contributed by atoms with E-state index in [0.29, 0.717) is 19.0 Å². The van der Waals surface area contributed by atoms with Gasteiger partial charge in [0.2, 0.25) is 11.9 Å². The normalized spacial score (nSPS) is 10.9. The lowest BCUT2D eigenvalue weighted by Gasteiger charge is -2.06. The van der Waals surface area contributed by atoms with Crippen molar-refractivity contribution < 1.29 is 4.79 Å². The number of hydrazine groups is 1. The Morgan fingerprint density at radius 2 is 2.07 bits per heavy atom. The Bertz CT molecular complexity index is 192. The van der Waals surface area contributed by atoms with E-state index in [-0.39, 0.29) is 12.5 Å². The van der Waals surface area contributed by atoms with Crippen LogP contribution in [0.1, 0.15) is 20.3 Å². The maximum Gasteiger partial charge on any atom is 0.241 e. The third kappa shape index (κ3) is 6.24. The molecular weight excluding hydrogens is 182 g/mol. The molecule has 0 saturated carbocycles. The molecule has 0 atom stereocenters. The summed E-state index contributed by atoms with van der Waals surface area (Å²) in [4.78, 5) is 15.1. The maximum atomic E-state index is 11.1. The Hall–Kier alpha value is -1.30. The van der Waals surface area contributed by atoms with Gasteiger partial charge in [0.05, 0.1) is 0 Å². The molecule has 0 aromatic heterocycles. The van der Waals surface area contributed by atoms with Crippen LogP contribution in [0, 0.1) is 0 Å². The largest absolute Gasteiger partial charge is 0.356 e. The standard InChI is InChI=1S/C8H19N5O/c1-3-5-11-7(14)6-12-8(13-9)10-4-2/h3-6,9H2,1-2H3,(H,11,14)(H2,10,12,13). The summed E-state index contributed by atoms with van der Waals surface area (Å²) in [6.07, 6.45) is 0.921. The van der Waals surface area contributed by atoms with Crippen molar-refractivity contribution in [2.24, 2.45) is 10.8 Å². The van der Waals surface area contributed by atoms with Crippen molar-refractivity contribution in [1.82, 2.24) is 16.1 Å².